The molecule has 0 bridgehead atoms. The predicted molar refractivity (Wildman–Crippen MR) is 70.9 cm³/mol. The van der Waals surface area contributed by atoms with Gasteiger partial charge in [-0.2, -0.15) is 0 Å². The van der Waals surface area contributed by atoms with Crippen LogP contribution >= 0.6 is 0 Å². The lowest BCUT2D eigenvalue weighted by Gasteiger charge is -2.19. The Bertz CT molecular complexity index is 453. The summed E-state index contributed by atoms with van der Waals surface area (Å²) in [6.45, 7) is 9.18. The molecule has 0 spiro atoms. The van der Waals surface area contributed by atoms with Crippen molar-refractivity contribution >= 4 is 16.7 Å². The van der Waals surface area contributed by atoms with Gasteiger partial charge in [-0.3, -0.25) is 0 Å². The normalized spacial score (nSPS) is 10.2. The number of hydrogen-bond acceptors (Lipinski definition) is 1. The number of nitrogens with one attached hydrogen (secondary N) is 1. The topological polar surface area (TPSA) is 19.0 Å². The maximum atomic E-state index is 3.77. The van der Waals surface area contributed by atoms with Crippen LogP contribution < -0.4 is 4.90 Å². The summed E-state index contributed by atoms with van der Waals surface area (Å²) in [6, 6.07) is 10.4. The van der Waals surface area contributed by atoms with Crippen molar-refractivity contribution in [1.29, 1.82) is 0 Å². The Morgan fingerprint density at radius 2 is 1.81 bits per heavy atom. The van der Waals surface area contributed by atoms with Gasteiger partial charge < -0.3 is 9.88 Å². The first-order valence-corrected chi connectivity index (χ1v) is 5.39. The van der Waals surface area contributed by atoms with Gasteiger partial charge in [0.15, 0.2) is 0 Å². The van der Waals surface area contributed by atoms with Crippen molar-refractivity contribution < 1.29 is 0 Å². The van der Waals surface area contributed by atoms with Crippen LogP contribution in [0, 0.1) is 0 Å². The van der Waals surface area contributed by atoms with Gasteiger partial charge in [0.1, 0.15) is 5.82 Å². The van der Waals surface area contributed by atoms with E-state index < -0.39 is 0 Å². The number of rotatable bonds is 5. The minimum absolute atomic E-state index is 0.818. The molecule has 0 amide bonds. The summed E-state index contributed by atoms with van der Waals surface area (Å²) in [5.41, 5.74) is 1.16. The number of nitrogens with zero attached hydrogens (tertiary/aromatic N) is 1. The number of aromatic amines is 1. The standard InChI is InChI=1S/C14H16N2/c1-3-9-16(10-4-2)14-11-12-7-5-6-8-13(12)15-14/h3-8,11,15H,1-2,9-10H2. The van der Waals surface area contributed by atoms with Gasteiger partial charge in [0, 0.05) is 24.0 Å². The molecule has 0 fully saturated rings. The van der Waals surface area contributed by atoms with Gasteiger partial charge in [-0.05, 0) is 12.1 Å². The highest BCUT2D eigenvalue weighted by Crippen LogP contribution is 2.21. The smallest absolute Gasteiger partial charge is 0.107 e. The van der Waals surface area contributed by atoms with E-state index in [2.05, 4.69) is 41.2 Å². The Morgan fingerprint density at radius 1 is 1.12 bits per heavy atom. The van der Waals surface area contributed by atoms with Gasteiger partial charge in [0.2, 0.25) is 0 Å². The predicted octanol–water partition coefficient (Wildman–Crippen LogP) is 3.35. The average molecular weight is 212 g/mol. The fourth-order valence-corrected chi connectivity index (χ4v) is 1.81. The number of benzene rings is 1. The molecule has 1 heterocycles. The zero-order chi connectivity index (χ0) is 11.4. The maximum absolute atomic E-state index is 3.77. The van der Waals surface area contributed by atoms with Crippen LogP contribution in [-0.4, -0.2) is 18.1 Å². The fraction of sp³-hybridized carbons (Fsp3) is 0.143. The Labute approximate surface area is 95.9 Å². The van der Waals surface area contributed by atoms with Crippen molar-refractivity contribution in [2.45, 2.75) is 0 Å². The molecule has 1 aromatic carbocycles. The summed E-state index contributed by atoms with van der Waals surface area (Å²) >= 11 is 0. The zero-order valence-corrected chi connectivity index (χ0v) is 9.32. The highest BCUT2D eigenvalue weighted by molar-refractivity contribution is 5.84. The van der Waals surface area contributed by atoms with Crippen molar-refractivity contribution in [2.75, 3.05) is 18.0 Å². The van der Waals surface area contributed by atoms with E-state index in [0.29, 0.717) is 0 Å². The lowest BCUT2D eigenvalue weighted by Crippen LogP contribution is -2.23. The summed E-state index contributed by atoms with van der Waals surface area (Å²) in [5.74, 6) is 1.11. The van der Waals surface area contributed by atoms with Crippen molar-refractivity contribution in [3.05, 3.63) is 55.6 Å². The van der Waals surface area contributed by atoms with E-state index in [-0.39, 0.29) is 0 Å². The van der Waals surface area contributed by atoms with Crippen LogP contribution in [0.25, 0.3) is 10.9 Å². The molecule has 0 saturated carbocycles. The van der Waals surface area contributed by atoms with E-state index in [1.165, 1.54) is 5.39 Å². The molecule has 0 radical (unpaired) electrons. The van der Waals surface area contributed by atoms with Crippen LogP contribution in [0.2, 0.25) is 0 Å². The van der Waals surface area contributed by atoms with E-state index in [1.54, 1.807) is 0 Å². The average Bonchev–Trinajstić information content (AvgIpc) is 2.72. The summed E-state index contributed by atoms with van der Waals surface area (Å²) in [4.78, 5) is 5.59. The van der Waals surface area contributed by atoms with Crippen molar-refractivity contribution in [3.8, 4) is 0 Å². The van der Waals surface area contributed by atoms with Crippen LogP contribution in [0.1, 0.15) is 0 Å². The van der Waals surface area contributed by atoms with Crippen LogP contribution in [-0.2, 0) is 0 Å². The van der Waals surface area contributed by atoms with E-state index in [1.807, 2.05) is 24.3 Å². The molecule has 0 atom stereocenters. The minimum Gasteiger partial charge on any atom is -0.351 e. The first-order valence-electron chi connectivity index (χ1n) is 5.39. The third-order valence-electron chi connectivity index (χ3n) is 2.56. The van der Waals surface area contributed by atoms with E-state index in [0.717, 1.165) is 24.4 Å². The molecular formula is C14H16N2. The molecule has 1 aromatic heterocycles. The molecule has 1 N–H and O–H groups in total. The van der Waals surface area contributed by atoms with Gasteiger partial charge >= 0.3 is 0 Å². The van der Waals surface area contributed by atoms with Crippen molar-refractivity contribution in [3.63, 3.8) is 0 Å². The Kier molecular flexibility index (Phi) is 3.10. The molecule has 0 aliphatic heterocycles. The highest BCUT2D eigenvalue weighted by Gasteiger charge is 2.06. The Morgan fingerprint density at radius 3 is 2.44 bits per heavy atom. The molecule has 82 valence electrons. The number of fused-ring (bicyclic) bond motifs is 1. The minimum atomic E-state index is 0.818. The largest absolute Gasteiger partial charge is 0.351 e. The Hall–Kier alpha value is -1.96. The van der Waals surface area contributed by atoms with Gasteiger partial charge in [-0.25, -0.2) is 0 Å². The third kappa shape index (κ3) is 2.01. The molecule has 2 rings (SSSR count). The van der Waals surface area contributed by atoms with Crippen LogP contribution in [0.3, 0.4) is 0 Å². The number of anilines is 1. The second-order valence-corrected chi connectivity index (χ2v) is 3.72. The first kappa shape index (κ1) is 10.6. The van der Waals surface area contributed by atoms with E-state index in [9.17, 15) is 0 Å². The molecule has 2 nitrogen and oxygen atoms in total. The zero-order valence-electron chi connectivity index (χ0n) is 9.32. The van der Waals surface area contributed by atoms with Crippen LogP contribution in [0.5, 0.6) is 0 Å². The molecule has 0 saturated heterocycles. The molecule has 0 unspecified atom stereocenters. The molecular weight excluding hydrogens is 196 g/mol. The lowest BCUT2D eigenvalue weighted by atomic mass is 10.2. The van der Waals surface area contributed by atoms with Crippen LogP contribution in [0.4, 0.5) is 5.82 Å². The van der Waals surface area contributed by atoms with Gasteiger partial charge in [-0.1, -0.05) is 30.4 Å². The maximum Gasteiger partial charge on any atom is 0.107 e. The van der Waals surface area contributed by atoms with Gasteiger partial charge in [0.25, 0.3) is 0 Å². The SMILES string of the molecule is C=CCN(CC=C)c1cc2ccccc2[nH]1. The van der Waals surface area contributed by atoms with Crippen LogP contribution in [0.15, 0.2) is 55.6 Å². The number of aromatic nitrogens is 1. The van der Waals surface area contributed by atoms with E-state index in [4.69, 9.17) is 0 Å². The summed E-state index contributed by atoms with van der Waals surface area (Å²) in [7, 11) is 0. The third-order valence-corrected chi connectivity index (χ3v) is 2.56. The number of para-hydroxylation sites is 1. The Balaban J connectivity index is 2.36. The lowest BCUT2D eigenvalue weighted by molar-refractivity contribution is 0.937. The molecule has 0 aliphatic carbocycles. The number of hydrogen-bond donors (Lipinski definition) is 1. The van der Waals surface area contributed by atoms with Crippen molar-refractivity contribution in [2.24, 2.45) is 0 Å². The number of H-pyrrole nitrogens is 1. The second-order valence-electron chi connectivity index (χ2n) is 3.72. The highest BCUT2D eigenvalue weighted by atomic mass is 15.2. The summed E-state index contributed by atoms with van der Waals surface area (Å²) in [5, 5.41) is 1.23. The summed E-state index contributed by atoms with van der Waals surface area (Å²) < 4.78 is 0. The first-order chi connectivity index (χ1) is 7.85. The molecule has 2 heteroatoms. The fourth-order valence-electron chi connectivity index (χ4n) is 1.81. The monoisotopic (exact) mass is 212 g/mol. The van der Waals surface area contributed by atoms with Gasteiger partial charge in [0.05, 0.1) is 0 Å². The van der Waals surface area contributed by atoms with Gasteiger partial charge in [-0.15, -0.1) is 13.2 Å². The quantitative estimate of drug-likeness (QED) is 0.753. The summed E-state index contributed by atoms with van der Waals surface area (Å²) in [6.07, 6.45) is 3.80. The van der Waals surface area contributed by atoms with Crippen molar-refractivity contribution in [1.82, 2.24) is 4.98 Å². The molecule has 2 aromatic rings. The second kappa shape index (κ2) is 4.71. The van der Waals surface area contributed by atoms with E-state index >= 15 is 0 Å². The molecule has 0 aliphatic rings. The molecule has 16 heavy (non-hydrogen) atoms.